The smallest absolute Gasteiger partial charge is 0.282 e. The van der Waals surface area contributed by atoms with Gasteiger partial charge < -0.3 is 9.80 Å². The van der Waals surface area contributed by atoms with Gasteiger partial charge in [0.15, 0.2) is 5.01 Å². The van der Waals surface area contributed by atoms with Crippen molar-refractivity contribution in [1.82, 2.24) is 19.7 Å². The highest BCUT2D eigenvalue weighted by Crippen LogP contribution is 2.31. The second kappa shape index (κ2) is 8.69. The normalized spacial score (nSPS) is 19.8. The van der Waals surface area contributed by atoms with Crippen LogP contribution in [0.4, 0.5) is 5.69 Å². The summed E-state index contributed by atoms with van der Waals surface area (Å²) in [6, 6.07) is 5.66. The Kier molecular flexibility index (Phi) is 5.87. The highest BCUT2D eigenvalue weighted by molar-refractivity contribution is 7.92. The summed E-state index contributed by atoms with van der Waals surface area (Å²) in [7, 11) is -3.32. The zero-order chi connectivity index (χ0) is 23.2. The molecular weight excluding hydrogens is 462 g/mol. The SMILES string of the molecule is CS(=O)(=O)N1CCCc2cc(C(=O)N3CC(N4CCN(C(=O)c5nccs5)CC4)C3)ccc21. The van der Waals surface area contributed by atoms with E-state index in [1.54, 1.807) is 18.3 Å². The Morgan fingerprint density at radius 2 is 1.79 bits per heavy atom. The minimum Gasteiger partial charge on any atom is -0.335 e. The van der Waals surface area contributed by atoms with E-state index in [9.17, 15) is 18.0 Å². The summed E-state index contributed by atoms with van der Waals surface area (Å²) in [6.07, 6.45) is 4.39. The van der Waals surface area contributed by atoms with Gasteiger partial charge in [0.2, 0.25) is 10.0 Å². The van der Waals surface area contributed by atoms with Gasteiger partial charge in [-0.2, -0.15) is 0 Å². The van der Waals surface area contributed by atoms with E-state index in [4.69, 9.17) is 0 Å². The third-order valence-electron chi connectivity index (χ3n) is 6.69. The topological polar surface area (TPSA) is 94.1 Å². The fourth-order valence-electron chi connectivity index (χ4n) is 4.83. The lowest BCUT2D eigenvalue weighted by Gasteiger charge is -2.48. The number of nitrogens with zero attached hydrogens (tertiary/aromatic N) is 5. The van der Waals surface area contributed by atoms with Gasteiger partial charge in [0.05, 0.1) is 11.9 Å². The lowest BCUT2D eigenvalue weighted by molar-refractivity contribution is 0.00852. The quantitative estimate of drug-likeness (QED) is 0.639. The van der Waals surface area contributed by atoms with Gasteiger partial charge >= 0.3 is 0 Å². The molecule has 33 heavy (non-hydrogen) atoms. The fourth-order valence-corrected chi connectivity index (χ4v) is 6.43. The summed E-state index contributed by atoms with van der Waals surface area (Å²) in [5, 5.41) is 2.35. The average Bonchev–Trinajstić information content (AvgIpc) is 3.31. The molecule has 0 unspecified atom stereocenters. The molecule has 3 aliphatic heterocycles. The van der Waals surface area contributed by atoms with Gasteiger partial charge in [-0.05, 0) is 36.6 Å². The van der Waals surface area contributed by atoms with Crippen molar-refractivity contribution in [3.8, 4) is 0 Å². The number of amides is 2. The number of thiazole rings is 1. The third-order valence-corrected chi connectivity index (χ3v) is 8.63. The number of carbonyl (C=O) groups excluding carboxylic acids is 2. The molecule has 0 atom stereocenters. The van der Waals surface area contributed by atoms with Crippen LogP contribution in [0.5, 0.6) is 0 Å². The molecule has 2 aromatic rings. The van der Waals surface area contributed by atoms with Gasteiger partial charge in [-0.15, -0.1) is 11.3 Å². The molecule has 3 aliphatic rings. The maximum atomic E-state index is 13.0. The number of anilines is 1. The van der Waals surface area contributed by atoms with E-state index in [1.165, 1.54) is 21.9 Å². The molecule has 4 heterocycles. The van der Waals surface area contributed by atoms with Crippen LogP contribution in [0.1, 0.15) is 32.1 Å². The second-order valence-corrected chi connectivity index (χ2v) is 11.6. The van der Waals surface area contributed by atoms with Crippen molar-refractivity contribution < 1.29 is 18.0 Å². The molecular formula is C22H27N5O4S2. The summed E-state index contributed by atoms with van der Waals surface area (Å²) in [4.78, 5) is 35.6. The van der Waals surface area contributed by atoms with Crippen molar-refractivity contribution in [1.29, 1.82) is 0 Å². The van der Waals surface area contributed by atoms with Gasteiger partial charge in [-0.25, -0.2) is 13.4 Å². The van der Waals surface area contributed by atoms with Crippen LogP contribution in [-0.4, -0.2) is 98.0 Å². The predicted molar refractivity (Wildman–Crippen MR) is 126 cm³/mol. The van der Waals surface area contributed by atoms with Crippen molar-refractivity contribution in [3.05, 3.63) is 45.9 Å². The zero-order valence-corrected chi connectivity index (χ0v) is 20.1. The Bertz CT molecular complexity index is 1150. The number of carbonyl (C=O) groups is 2. The molecule has 176 valence electrons. The molecule has 2 saturated heterocycles. The first-order chi connectivity index (χ1) is 15.8. The van der Waals surface area contributed by atoms with Crippen molar-refractivity contribution in [2.75, 3.05) is 56.4 Å². The minimum absolute atomic E-state index is 0.00286. The third kappa shape index (κ3) is 4.36. The van der Waals surface area contributed by atoms with Crippen molar-refractivity contribution in [2.45, 2.75) is 18.9 Å². The van der Waals surface area contributed by atoms with Gasteiger partial charge in [0.1, 0.15) is 0 Å². The van der Waals surface area contributed by atoms with E-state index >= 15 is 0 Å². The molecule has 9 nitrogen and oxygen atoms in total. The molecule has 0 radical (unpaired) electrons. The van der Waals surface area contributed by atoms with Crippen LogP contribution in [0.15, 0.2) is 29.8 Å². The van der Waals surface area contributed by atoms with E-state index in [0.717, 1.165) is 31.5 Å². The fraction of sp³-hybridized carbons (Fsp3) is 0.500. The number of piperazine rings is 1. The number of hydrogen-bond acceptors (Lipinski definition) is 7. The highest BCUT2D eigenvalue weighted by Gasteiger charge is 2.37. The van der Waals surface area contributed by atoms with Gasteiger partial charge in [0, 0.05) is 69.0 Å². The lowest BCUT2D eigenvalue weighted by Crippen LogP contribution is -2.64. The van der Waals surface area contributed by atoms with Crippen LogP contribution < -0.4 is 4.31 Å². The zero-order valence-electron chi connectivity index (χ0n) is 18.5. The lowest BCUT2D eigenvalue weighted by atomic mass is 9.98. The maximum absolute atomic E-state index is 13.0. The first-order valence-corrected chi connectivity index (χ1v) is 13.9. The number of fused-ring (bicyclic) bond motifs is 1. The van der Waals surface area contributed by atoms with Gasteiger partial charge in [-0.3, -0.25) is 18.8 Å². The van der Waals surface area contributed by atoms with Crippen molar-refractivity contribution >= 4 is 38.9 Å². The number of hydrogen-bond donors (Lipinski definition) is 0. The first kappa shape index (κ1) is 22.3. The number of sulfonamides is 1. The monoisotopic (exact) mass is 489 g/mol. The molecule has 5 rings (SSSR count). The molecule has 0 spiro atoms. The standard InChI is InChI=1S/C22H27N5O4S2/c1-33(30,31)27-7-2-3-16-13-17(4-5-19(16)27)21(28)26-14-18(15-26)24-8-10-25(11-9-24)22(29)20-23-6-12-32-20/h4-6,12-13,18H,2-3,7-11,14-15H2,1H3. The number of benzene rings is 1. The Morgan fingerprint density at radius 1 is 1.03 bits per heavy atom. The average molecular weight is 490 g/mol. The van der Waals surface area contributed by atoms with E-state index < -0.39 is 10.0 Å². The molecule has 0 saturated carbocycles. The summed E-state index contributed by atoms with van der Waals surface area (Å²) in [6.45, 7) is 4.76. The van der Waals surface area contributed by atoms with Crippen LogP contribution in [-0.2, 0) is 16.4 Å². The Hall–Kier alpha value is -2.50. The number of aryl methyl sites for hydroxylation is 1. The molecule has 2 fully saturated rings. The second-order valence-electron chi connectivity index (χ2n) is 8.81. The molecule has 1 aromatic carbocycles. The predicted octanol–water partition coefficient (Wildman–Crippen LogP) is 1.14. The number of rotatable bonds is 4. The van der Waals surface area contributed by atoms with E-state index in [2.05, 4.69) is 9.88 Å². The largest absolute Gasteiger partial charge is 0.335 e. The summed E-state index contributed by atoms with van der Waals surface area (Å²) in [5.41, 5.74) is 2.21. The van der Waals surface area contributed by atoms with E-state index in [0.29, 0.717) is 55.0 Å². The Labute approximate surface area is 197 Å². The number of likely N-dealkylation sites (tertiary alicyclic amines) is 1. The summed E-state index contributed by atoms with van der Waals surface area (Å²) < 4.78 is 25.5. The Balaban J connectivity index is 1.16. The molecule has 11 heteroatoms. The summed E-state index contributed by atoms with van der Waals surface area (Å²) >= 11 is 1.37. The maximum Gasteiger partial charge on any atom is 0.282 e. The van der Waals surface area contributed by atoms with Crippen LogP contribution in [0, 0.1) is 0 Å². The first-order valence-electron chi connectivity index (χ1n) is 11.1. The highest BCUT2D eigenvalue weighted by atomic mass is 32.2. The minimum atomic E-state index is -3.32. The molecule has 0 bridgehead atoms. The van der Waals surface area contributed by atoms with Crippen LogP contribution in [0.3, 0.4) is 0 Å². The van der Waals surface area contributed by atoms with Gasteiger partial charge in [-0.1, -0.05) is 0 Å². The molecule has 0 N–H and O–H groups in total. The van der Waals surface area contributed by atoms with Crippen molar-refractivity contribution in [3.63, 3.8) is 0 Å². The van der Waals surface area contributed by atoms with E-state index in [-0.39, 0.29) is 11.8 Å². The summed E-state index contributed by atoms with van der Waals surface area (Å²) in [5.74, 6) is -0.0139. The molecule has 1 aromatic heterocycles. The van der Waals surface area contributed by atoms with Gasteiger partial charge in [0.25, 0.3) is 11.8 Å². The van der Waals surface area contributed by atoms with Crippen molar-refractivity contribution in [2.24, 2.45) is 0 Å². The van der Waals surface area contributed by atoms with Crippen LogP contribution >= 0.6 is 11.3 Å². The van der Waals surface area contributed by atoms with E-state index in [1.807, 2.05) is 21.2 Å². The Morgan fingerprint density at radius 3 is 2.45 bits per heavy atom. The molecule has 0 aliphatic carbocycles. The number of aromatic nitrogens is 1. The van der Waals surface area contributed by atoms with Crippen LogP contribution in [0.2, 0.25) is 0 Å². The molecule has 2 amide bonds. The van der Waals surface area contributed by atoms with Crippen LogP contribution in [0.25, 0.3) is 0 Å².